The van der Waals surface area contributed by atoms with Crippen LogP contribution in [0.25, 0.3) is 11.1 Å². The van der Waals surface area contributed by atoms with Crippen molar-refractivity contribution < 1.29 is 4.74 Å². The summed E-state index contributed by atoms with van der Waals surface area (Å²) in [4.78, 5) is 2.37. The summed E-state index contributed by atoms with van der Waals surface area (Å²) in [6, 6.07) is 18.5. The molecule has 2 heterocycles. The molecule has 4 rings (SSSR count). The number of fused-ring (bicyclic) bond motifs is 1. The van der Waals surface area contributed by atoms with Gasteiger partial charge in [0, 0.05) is 24.9 Å². The number of hydrazone groups is 1. The first-order valence-corrected chi connectivity index (χ1v) is 10.4. The van der Waals surface area contributed by atoms with Crippen LogP contribution in [0.5, 0.6) is 0 Å². The van der Waals surface area contributed by atoms with Gasteiger partial charge >= 0.3 is 0 Å². The molecular formula is C24H27N5O. The lowest BCUT2D eigenvalue weighted by atomic mass is 9.98. The van der Waals surface area contributed by atoms with Gasteiger partial charge in [-0.25, -0.2) is 0 Å². The van der Waals surface area contributed by atoms with Crippen LogP contribution in [-0.4, -0.2) is 47.3 Å². The third-order valence-electron chi connectivity index (χ3n) is 5.60. The van der Waals surface area contributed by atoms with Crippen LogP contribution in [0.3, 0.4) is 0 Å². The predicted octanol–water partition coefficient (Wildman–Crippen LogP) is 4.17. The molecule has 2 aromatic carbocycles. The fraction of sp³-hybridized carbons (Fsp3) is 0.333. The highest BCUT2D eigenvalue weighted by Gasteiger charge is 2.37. The topological polar surface area (TPSA) is 55.1 Å². The fourth-order valence-electron chi connectivity index (χ4n) is 4.08. The van der Waals surface area contributed by atoms with Gasteiger partial charge < -0.3 is 9.64 Å². The van der Waals surface area contributed by atoms with Crippen LogP contribution in [0, 0.1) is 11.3 Å². The lowest BCUT2D eigenvalue weighted by Crippen LogP contribution is -2.54. The summed E-state index contributed by atoms with van der Waals surface area (Å²) in [6.45, 7) is 5.94. The Morgan fingerprint density at radius 3 is 2.63 bits per heavy atom. The Morgan fingerprint density at radius 2 is 1.93 bits per heavy atom. The van der Waals surface area contributed by atoms with E-state index < -0.39 is 0 Å². The zero-order chi connectivity index (χ0) is 21.1. The maximum Gasteiger partial charge on any atom is 0.229 e. The summed E-state index contributed by atoms with van der Waals surface area (Å²) in [6.07, 6.45) is 4.23. The molecule has 0 bridgehead atoms. The van der Waals surface area contributed by atoms with Gasteiger partial charge in [-0.2, -0.15) is 10.4 Å². The van der Waals surface area contributed by atoms with Crippen LogP contribution < -0.4 is 0 Å². The first-order valence-electron chi connectivity index (χ1n) is 10.4. The quantitative estimate of drug-likeness (QED) is 0.753. The average molecular weight is 402 g/mol. The van der Waals surface area contributed by atoms with Crippen molar-refractivity contribution in [2.75, 3.05) is 20.2 Å². The van der Waals surface area contributed by atoms with Crippen LogP contribution in [0.1, 0.15) is 31.4 Å². The molecule has 1 atom stereocenters. The molecule has 2 aliphatic heterocycles. The van der Waals surface area contributed by atoms with Gasteiger partial charge in [0.15, 0.2) is 0 Å². The first kappa shape index (κ1) is 19.8. The molecule has 0 radical (unpaired) electrons. The smallest absolute Gasteiger partial charge is 0.229 e. The van der Waals surface area contributed by atoms with Crippen LogP contribution >= 0.6 is 0 Å². The maximum absolute atomic E-state index is 9.39. The summed E-state index contributed by atoms with van der Waals surface area (Å²) in [5.41, 5.74) is 5.12. The number of methoxy groups -OCH3 is 1. The van der Waals surface area contributed by atoms with E-state index in [9.17, 15) is 5.26 Å². The third kappa shape index (κ3) is 3.71. The summed E-state index contributed by atoms with van der Waals surface area (Å²) < 4.78 is 5.43. The van der Waals surface area contributed by atoms with Crippen molar-refractivity contribution in [1.82, 2.24) is 15.0 Å². The minimum atomic E-state index is 0.0959. The minimum Gasteiger partial charge on any atom is -0.482 e. The highest BCUT2D eigenvalue weighted by atomic mass is 16.5. The minimum absolute atomic E-state index is 0.0959. The number of ether oxygens (including phenoxy) is 1. The second kappa shape index (κ2) is 8.50. The Hall–Kier alpha value is -3.46. The first-order chi connectivity index (χ1) is 14.6. The molecule has 0 saturated carbocycles. The van der Waals surface area contributed by atoms with Crippen molar-refractivity contribution in [3.8, 4) is 17.2 Å². The Bertz CT molecular complexity index is 1010. The van der Waals surface area contributed by atoms with E-state index >= 15 is 0 Å². The molecule has 0 N–H and O–H groups in total. The van der Waals surface area contributed by atoms with Crippen LogP contribution in [0.2, 0.25) is 0 Å². The fourth-order valence-corrected chi connectivity index (χ4v) is 4.08. The molecule has 0 aromatic heterocycles. The number of hydrazine groups is 1. The van der Waals surface area contributed by atoms with Gasteiger partial charge in [0.05, 0.1) is 18.7 Å². The zero-order valence-electron chi connectivity index (χ0n) is 17.7. The van der Waals surface area contributed by atoms with Gasteiger partial charge in [-0.15, -0.1) is 5.10 Å². The molecule has 0 amide bonds. The largest absolute Gasteiger partial charge is 0.482 e. The molecular weight excluding hydrogens is 374 g/mol. The zero-order valence-corrected chi connectivity index (χ0v) is 17.7. The summed E-state index contributed by atoms with van der Waals surface area (Å²) in [5, 5.41) is 18.3. The highest BCUT2D eigenvalue weighted by molar-refractivity contribution is 5.79. The van der Waals surface area contributed by atoms with E-state index in [1.807, 2.05) is 24.3 Å². The molecule has 2 aliphatic rings. The van der Waals surface area contributed by atoms with Crippen molar-refractivity contribution in [3.05, 3.63) is 71.6 Å². The molecule has 0 spiro atoms. The van der Waals surface area contributed by atoms with E-state index in [-0.39, 0.29) is 6.17 Å². The van der Waals surface area contributed by atoms with Gasteiger partial charge in [0.25, 0.3) is 0 Å². The van der Waals surface area contributed by atoms with Crippen molar-refractivity contribution in [3.63, 3.8) is 0 Å². The molecule has 2 aromatic rings. The van der Waals surface area contributed by atoms with E-state index in [4.69, 9.17) is 9.84 Å². The highest BCUT2D eigenvalue weighted by Crippen LogP contribution is 2.30. The van der Waals surface area contributed by atoms with Gasteiger partial charge in [0.2, 0.25) is 5.90 Å². The van der Waals surface area contributed by atoms with Crippen LogP contribution in [0.15, 0.2) is 65.5 Å². The molecule has 30 heavy (non-hydrogen) atoms. The maximum atomic E-state index is 9.39. The van der Waals surface area contributed by atoms with Gasteiger partial charge in [-0.05, 0) is 36.1 Å². The number of benzene rings is 2. The lowest BCUT2D eigenvalue weighted by molar-refractivity contribution is -0.0776. The van der Waals surface area contributed by atoms with Crippen molar-refractivity contribution >= 4 is 5.90 Å². The molecule has 0 aliphatic carbocycles. The number of hydrogen-bond donors (Lipinski definition) is 0. The summed E-state index contributed by atoms with van der Waals surface area (Å²) in [7, 11) is 1.67. The number of nitriles is 1. The molecule has 6 heteroatoms. The van der Waals surface area contributed by atoms with E-state index in [1.165, 1.54) is 11.3 Å². The Labute approximate surface area is 178 Å². The third-order valence-corrected chi connectivity index (χ3v) is 5.60. The lowest BCUT2D eigenvalue weighted by Gasteiger charge is -2.45. The number of allylic oxidation sites excluding steroid dienone is 1. The van der Waals surface area contributed by atoms with Crippen molar-refractivity contribution in [2.45, 2.75) is 32.9 Å². The molecule has 1 unspecified atom stereocenters. The van der Waals surface area contributed by atoms with Crippen molar-refractivity contribution in [1.29, 1.82) is 5.26 Å². The van der Waals surface area contributed by atoms with E-state index in [2.05, 4.69) is 65.4 Å². The van der Waals surface area contributed by atoms with Gasteiger partial charge in [-0.1, -0.05) is 49.4 Å². The van der Waals surface area contributed by atoms with E-state index in [0.717, 1.165) is 36.4 Å². The number of hydrogen-bond acceptors (Lipinski definition) is 6. The van der Waals surface area contributed by atoms with E-state index in [0.29, 0.717) is 12.1 Å². The Kier molecular flexibility index (Phi) is 5.62. The molecule has 0 saturated heterocycles. The monoisotopic (exact) mass is 401 g/mol. The van der Waals surface area contributed by atoms with E-state index in [1.54, 1.807) is 7.11 Å². The van der Waals surface area contributed by atoms with Gasteiger partial charge in [-0.3, -0.25) is 5.01 Å². The Morgan fingerprint density at radius 1 is 1.17 bits per heavy atom. The number of nitrogens with zero attached hydrogens (tertiary/aromatic N) is 5. The standard InChI is InChI=1S/C24H27N5O/c1-4-13-27-16-18(2)28-17-23(30-3)26-29(28)24(27)14-19-9-11-20(12-10-19)22-8-6-5-7-21(22)15-25/h5-12,16,24H,4,13-14,17H2,1-3H3. The SMILES string of the molecule is CCCN1C=C(C)N2CC(OC)=NN2C1Cc1ccc(-c2ccccc2C#N)cc1. The van der Waals surface area contributed by atoms with Gasteiger partial charge in [0.1, 0.15) is 12.7 Å². The summed E-state index contributed by atoms with van der Waals surface area (Å²) in [5.74, 6) is 0.731. The second-order valence-corrected chi connectivity index (χ2v) is 7.62. The predicted molar refractivity (Wildman–Crippen MR) is 118 cm³/mol. The van der Waals surface area contributed by atoms with Crippen molar-refractivity contribution in [2.24, 2.45) is 5.10 Å². The number of rotatable bonds is 5. The molecule has 0 fully saturated rings. The average Bonchev–Trinajstić information content (AvgIpc) is 3.22. The van der Waals surface area contributed by atoms with Crippen LogP contribution in [-0.2, 0) is 11.2 Å². The molecule has 154 valence electrons. The van der Waals surface area contributed by atoms with Crippen LogP contribution in [0.4, 0.5) is 0 Å². The normalized spacial score (nSPS) is 17.9. The molecule has 6 nitrogen and oxygen atoms in total. The second-order valence-electron chi connectivity index (χ2n) is 7.62. The Balaban J connectivity index is 1.60. The summed E-state index contributed by atoms with van der Waals surface area (Å²) >= 11 is 0.